The summed E-state index contributed by atoms with van der Waals surface area (Å²) in [5.74, 6) is -0.668. The molecule has 3 aromatic rings. The normalized spacial score (nSPS) is 16.6. The Labute approximate surface area is 167 Å². The summed E-state index contributed by atoms with van der Waals surface area (Å²) in [6.45, 7) is 6.32. The Bertz CT molecular complexity index is 1040. The van der Waals surface area contributed by atoms with Gasteiger partial charge in [0.15, 0.2) is 0 Å². The van der Waals surface area contributed by atoms with Crippen LogP contribution in [-0.2, 0) is 9.59 Å². The molecule has 1 saturated heterocycles. The number of amides is 2. The fourth-order valence-electron chi connectivity index (χ4n) is 3.18. The van der Waals surface area contributed by atoms with E-state index in [9.17, 15) is 9.59 Å². The third-order valence-electron chi connectivity index (χ3n) is 4.85. The molecule has 0 bridgehead atoms. The van der Waals surface area contributed by atoms with Gasteiger partial charge in [-0.1, -0.05) is 22.8 Å². The van der Waals surface area contributed by atoms with E-state index in [0.717, 1.165) is 11.3 Å². The smallest absolute Gasteiger partial charge is 0.322 e. The van der Waals surface area contributed by atoms with Crippen LogP contribution < -0.4 is 10.2 Å². The van der Waals surface area contributed by atoms with E-state index in [-0.39, 0.29) is 36.2 Å². The van der Waals surface area contributed by atoms with E-state index >= 15 is 0 Å². The first kappa shape index (κ1) is 18.9. The second-order valence-corrected chi connectivity index (χ2v) is 7.42. The second-order valence-electron chi connectivity index (χ2n) is 7.42. The fourth-order valence-corrected chi connectivity index (χ4v) is 3.18. The van der Waals surface area contributed by atoms with E-state index < -0.39 is 5.92 Å². The molecule has 4 rings (SSSR count). The summed E-state index contributed by atoms with van der Waals surface area (Å²) in [6, 6.07) is 9.62. The summed E-state index contributed by atoms with van der Waals surface area (Å²) < 4.78 is 7.30. The zero-order chi connectivity index (χ0) is 20.5. The van der Waals surface area contributed by atoms with Gasteiger partial charge >= 0.3 is 6.01 Å². The van der Waals surface area contributed by atoms with E-state index in [1.165, 1.54) is 0 Å². The monoisotopic (exact) mass is 394 g/mol. The molecule has 9 nitrogen and oxygen atoms in total. The Morgan fingerprint density at radius 3 is 2.66 bits per heavy atom. The van der Waals surface area contributed by atoms with Gasteiger partial charge < -0.3 is 9.32 Å². The highest BCUT2D eigenvalue weighted by Crippen LogP contribution is 2.26. The van der Waals surface area contributed by atoms with Gasteiger partial charge in [-0.25, -0.2) is 0 Å². The van der Waals surface area contributed by atoms with E-state index in [1.807, 2.05) is 51.2 Å². The van der Waals surface area contributed by atoms with Crippen LogP contribution in [0.25, 0.3) is 11.6 Å². The van der Waals surface area contributed by atoms with Gasteiger partial charge in [0.05, 0.1) is 5.92 Å². The van der Waals surface area contributed by atoms with Gasteiger partial charge in [-0.2, -0.15) is 5.10 Å². The summed E-state index contributed by atoms with van der Waals surface area (Å²) in [5.41, 5.74) is 2.44. The number of carbonyl (C=O) groups is 2. The van der Waals surface area contributed by atoms with Crippen LogP contribution in [0.15, 0.2) is 40.9 Å². The minimum Gasteiger partial charge on any atom is -0.401 e. The zero-order valence-electron chi connectivity index (χ0n) is 16.5. The first-order valence-corrected chi connectivity index (χ1v) is 9.47. The number of carbonyl (C=O) groups excluding carboxylic acids is 2. The topological polar surface area (TPSA) is 106 Å². The number of hydrogen-bond donors (Lipinski definition) is 1. The molecule has 1 fully saturated rings. The number of aryl methyl sites for hydroxylation is 1. The number of aromatic nitrogens is 4. The summed E-state index contributed by atoms with van der Waals surface area (Å²) in [6.07, 6.45) is 1.96. The van der Waals surface area contributed by atoms with Crippen LogP contribution in [0.5, 0.6) is 0 Å². The Hall–Kier alpha value is -3.49. The van der Waals surface area contributed by atoms with Gasteiger partial charge in [0, 0.05) is 30.9 Å². The first-order valence-electron chi connectivity index (χ1n) is 9.47. The van der Waals surface area contributed by atoms with Crippen LogP contribution in [0.4, 0.5) is 11.7 Å². The van der Waals surface area contributed by atoms with Crippen molar-refractivity contribution in [3.8, 4) is 11.6 Å². The molecule has 1 unspecified atom stereocenters. The molecule has 29 heavy (non-hydrogen) atoms. The largest absolute Gasteiger partial charge is 0.401 e. The van der Waals surface area contributed by atoms with Crippen molar-refractivity contribution in [3.05, 3.63) is 42.1 Å². The molecule has 1 aliphatic heterocycles. The maximum atomic E-state index is 12.6. The van der Waals surface area contributed by atoms with Gasteiger partial charge in [0.2, 0.25) is 11.8 Å². The average Bonchev–Trinajstić information content (AvgIpc) is 3.41. The van der Waals surface area contributed by atoms with Crippen molar-refractivity contribution in [2.24, 2.45) is 5.92 Å². The van der Waals surface area contributed by atoms with Crippen LogP contribution >= 0.6 is 0 Å². The Kier molecular flexibility index (Phi) is 4.87. The van der Waals surface area contributed by atoms with Gasteiger partial charge in [-0.15, -0.1) is 5.10 Å². The SMILES string of the molecule is Cc1ccc(N2CC(C(=O)Nc3nnc(-c4ccn(C(C)C)n4)o3)CC2=O)cc1. The molecule has 3 heterocycles. The summed E-state index contributed by atoms with van der Waals surface area (Å²) in [4.78, 5) is 26.6. The number of anilines is 2. The molecule has 2 amide bonds. The van der Waals surface area contributed by atoms with Crippen LogP contribution in [0.2, 0.25) is 0 Å². The zero-order valence-corrected chi connectivity index (χ0v) is 16.5. The Balaban J connectivity index is 1.41. The van der Waals surface area contributed by atoms with Gasteiger partial charge in [0.1, 0.15) is 5.69 Å². The third-order valence-corrected chi connectivity index (χ3v) is 4.85. The molecule has 0 radical (unpaired) electrons. The molecule has 1 N–H and O–H groups in total. The third kappa shape index (κ3) is 3.89. The number of hydrogen-bond acceptors (Lipinski definition) is 6. The summed E-state index contributed by atoms with van der Waals surface area (Å²) >= 11 is 0. The maximum absolute atomic E-state index is 12.6. The van der Waals surface area contributed by atoms with Crippen LogP contribution in [0, 0.1) is 12.8 Å². The number of nitrogens with zero attached hydrogens (tertiary/aromatic N) is 5. The molecule has 0 saturated carbocycles. The molecular weight excluding hydrogens is 372 g/mol. The molecule has 2 aromatic heterocycles. The maximum Gasteiger partial charge on any atom is 0.322 e. The van der Waals surface area contributed by atoms with Crippen molar-refractivity contribution < 1.29 is 14.0 Å². The molecule has 0 aliphatic carbocycles. The Morgan fingerprint density at radius 1 is 1.21 bits per heavy atom. The molecule has 0 spiro atoms. The standard InChI is InChI=1S/C20H22N6O3/c1-12(2)26-9-8-16(24-26)19-22-23-20(29-19)21-18(28)14-10-17(27)25(11-14)15-6-4-13(3)5-7-15/h4-9,12,14H,10-11H2,1-3H3,(H,21,23,28). The number of benzene rings is 1. The van der Waals surface area contributed by atoms with E-state index in [4.69, 9.17) is 4.42 Å². The molecular formula is C20H22N6O3. The summed E-state index contributed by atoms with van der Waals surface area (Å²) in [5, 5.41) is 14.8. The van der Waals surface area contributed by atoms with Crippen LogP contribution in [0.1, 0.15) is 31.9 Å². The van der Waals surface area contributed by atoms with Crippen molar-refractivity contribution in [1.82, 2.24) is 20.0 Å². The molecule has 1 aliphatic rings. The van der Waals surface area contributed by atoms with Gasteiger partial charge in [0.25, 0.3) is 5.89 Å². The molecule has 1 aromatic carbocycles. The van der Waals surface area contributed by atoms with Crippen LogP contribution in [0.3, 0.4) is 0 Å². The first-order chi connectivity index (χ1) is 13.9. The van der Waals surface area contributed by atoms with Crippen molar-refractivity contribution in [1.29, 1.82) is 0 Å². The highest BCUT2D eigenvalue weighted by Gasteiger charge is 2.35. The van der Waals surface area contributed by atoms with Gasteiger partial charge in [-0.05, 0) is 39.0 Å². The minimum absolute atomic E-state index is 0.00895. The van der Waals surface area contributed by atoms with Crippen molar-refractivity contribution in [3.63, 3.8) is 0 Å². The molecule has 9 heteroatoms. The minimum atomic E-state index is -0.487. The van der Waals surface area contributed by atoms with E-state index in [2.05, 4.69) is 20.6 Å². The summed E-state index contributed by atoms with van der Waals surface area (Å²) in [7, 11) is 0. The van der Waals surface area contributed by atoms with E-state index in [1.54, 1.807) is 15.6 Å². The van der Waals surface area contributed by atoms with Gasteiger partial charge in [-0.3, -0.25) is 19.6 Å². The second kappa shape index (κ2) is 7.50. The van der Waals surface area contributed by atoms with E-state index in [0.29, 0.717) is 12.2 Å². The van der Waals surface area contributed by atoms with Crippen molar-refractivity contribution in [2.45, 2.75) is 33.2 Å². The fraction of sp³-hybridized carbons (Fsp3) is 0.350. The predicted molar refractivity (Wildman–Crippen MR) is 106 cm³/mol. The average molecular weight is 394 g/mol. The molecule has 150 valence electrons. The van der Waals surface area contributed by atoms with Crippen LogP contribution in [-0.4, -0.2) is 38.3 Å². The van der Waals surface area contributed by atoms with Crippen molar-refractivity contribution >= 4 is 23.5 Å². The number of rotatable bonds is 5. The quantitative estimate of drug-likeness (QED) is 0.713. The lowest BCUT2D eigenvalue weighted by atomic mass is 10.1. The Morgan fingerprint density at radius 2 is 1.97 bits per heavy atom. The lowest BCUT2D eigenvalue weighted by Crippen LogP contribution is -2.28. The molecule has 1 atom stereocenters. The highest BCUT2D eigenvalue weighted by atomic mass is 16.4. The lowest BCUT2D eigenvalue weighted by Gasteiger charge is -2.16. The van der Waals surface area contributed by atoms with Crippen molar-refractivity contribution in [2.75, 3.05) is 16.8 Å². The highest BCUT2D eigenvalue weighted by molar-refractivity contribution is 6.03. The lowest BCUT2D eigenvalue weighted by molar-refractivity contribution is -0.122. The predicted octanol–water partition coefficient (Wildman–Crippen LogP) is 2.81. The number of nitrogens with one attached hydrogen (secondary N) is 1.